The highest BCUT2D eigenvalue weighted by atomic mass is 79.9. The van der Waals surface area contributed by atoms with Crippen molar-refractivity contribution in [3.8, 4) is 11.5 Å². The Hall–Kier alpha value is -3.13. The number of hydrogen-bond acceptors (Lipinski definition) is 5. The maximum absolute atomic E-state index is 12.8. The molecule has 8 heteroatoms. The lowest BCUT2D eigenvalue weighted by Gasteiger charge is -2.26. The zero-order chi connectivity index (χ0) is 19.6. The third-order valence-corrected chi connectivity index (χ3v) is 4.33. The molecule has 2 aromatic rings. The molecule has 27 heavy (non-hydrogen) atoms. The molecule has 1 heterocycles. The largest absolute Gasteiger partial charge is 0.497 e. The maximum Gasteiger partial charge on any atom is 0.335 e. The van der Waals surface area contributed by atoms with E-state index >= 15 is 0 Å². The number of methoxy groups -OCH3 is 2. The first kappa shape index (κ1) is 18.7. The van der Waals surface area contributed by atoms with Crippen molar-refractivity contribution in [2.75, 3.05) is 19.1 Å². The first-order valence-corrected chi connectivity index (χ1v) is 8.62. The van der Waals surface area contributed by atoms with E-state index in [-0.39, 0.29) is 5.57 Å². The summed E-state index contributed by atoms with van der Waals surface area (Å²) in [6, 6.07) is 10.7. The Morgan fingerprint density at radius 1 is 0.963 bits per heavy atom. The predicted octanol–water partition coefficient (Wildman–Crippen LogP) is 3.13. The number of nitrogens with zero attached hydrogens (tertiary/aromatic N) is 1. The molecule has 1 aliphatic heterocycles. The fraction of sp³-hybridized carbons (Fsp3) is 0.105. The molecule has 0 aromatic heterocycles. The Labute approximate surface area is 163 Å². The van der Waals surface area contributed by atoms with Gasteiger partial charge in [-0.05, 0) is 54.1 Å². The number of imide groups is 2. The van der Waals surface area contributed by atoms with Gasteiger partial charge in [0.2, 0.25) is 0 Å². The van der Waals surface area contributed by atoms with Crippen LogP contribution in [0.2, 0.25) is 0 Å². The Bertz CT molecular complexity index is 953. The zero-order valence-electron chi connectivity index (χ0n) is 14.5. The number of halogens is 1. The number of ether oxygens (including phenoxy) is 2. The van der Waals surface area contributed by atoms with Crippen LogP contribution in [0.15, 0.2) is 52.5 Å². The summed E-state index contributed by atoms with van der Waals surface area (Å²) in [5.74, 6) is -0.332. The number of benzene rings is 2. The molecule has 1 saturated heterocycles. The summed E-state index contributed by atoms with van der Waals surface area (Å²) in [6.45, 7) is 0. The van der Waals surface area contributed by atoms with E-state index in [2.05, 4.69) is 21.2 Å². The van der Waals surface area contributed by atoms with Gasteiger partial charge >= 0.3 is 6.03 Å². The van der Waals surface area contributed by atoms with Gasteiger partial charge in [-0.15, -0.1) is 0 Å². The Morgan fingerprint density at radius 3 is 2.26 bits per heavy atom. The van der Waals surface area contributed by atoms with Crippen molar-refractivity contribution in [2.24, 2.45) is 0 Å². The molecule has 0 radical (unpaired) electrons. The molecule has 0 aliphatic carbocycles. The van der Waals surface area contributed by atoms with Crippen molar-refractivity contribution in [1.29, 1.82) is 0 Å². The van der Waals surface area contributed by atoms with E-state index in [0.717, 1.165) is 9.37 Å². The molecule has 0 saturated carbocycles. The topological polar surface area (TPSA) is 84.9 Å². The second-order valence-corrected chi connectivity index (χ2v) is 6.50. The second kappa shape index (κ2) is 7.63. The van der Waals surface area contributed by atoms with Crippen molar-refractivity contribution < 1.29 is 23.9 Å². The monoisotopic (exact) mass is 430 g/mol. The maximum atomic E-state index is 12.8. The third kappa shape index (κ3) is 3.85. The molecule has 7 nitrogen and oxygen atoms in total. The number of hydrogen-bond donors (Lipinski definition) is 1. The Morgan fingerprint density at radius 2 is 1.63 bits per heavy atom. The van der Waals surface area contributed by atoms with Gasteiger partial charge in [-0.1, -0.05) is 15.9 Å². The van der Waals surface area contributed by atoms with Crippen LogP contribution >= 0.6 is 15.9 Å². The molecule has 3 rings (SSSR count). The number of carbonyl (C=O) groups is 3. The van der Waals surface area contributed by atoms with Gasteiger partial charge in [-0.3, -0.25) is 14.9 Å². The van der Waals surface area contributed by atoms with Gasteiger partial charge < -0.3 is 9.47 Å². The quantitative estimate of drug-likeness (QED) is 0.594. The van der Waals surface area contributed by atoms with Crippen LogP contribution < -0.4 is 19.7 Å². The van der Waals surface area contributed by atoms with Gasteiger partial charge in [0.25, 0.3) is 11.8 Å². The molecule has 4 amide bonds. The summed E-state index contributed by atoms with van der Waals surface area (Å²) in [7, 11) is 3.03. The minimum atomic E-state index is -0.806. The number of nitrogens with one attached hydrogen (secondary N) is 1. The minimum absolute atomic E-state index is 0.162. The summed E-state index contributed by atoms with van der Waals surface area (Å²) < 4.78 is 11.0. The van der Waals surface area contributed by atoms with Crippen LogP contribution in [-0.4, -0.2) is 32.1 Å². The van der Waals surface area contributed by atoms with Crippen molar-refractivity contribution in [2.45, 2.75) is 0 Å². The average Bonchev–Trinajstić information content (AvgIpc) is 2.65. The van der Waals surface area contributed by atoms with Gasteiger partial charge in [0.1, 0.15) is 17.1 Å². The van der Waals surface area contributed by atoms with Gasteiger partial charge in [0.15, 0.2) is 0 Å². The van der Waals surface area contributed by atoms with Crippen molar-refractivity contribution in [3.05, 3.63) is 58.1 Å². The number of amides is 4. The molecular weight excluding hydrogens is 416 g/mol. The van der Waals surface area contributed by atoms with E-state index in [1.807, 2.05) is 0 Å². The number of barbiturate groups is 1. The molecule has 1 fully saturated rings. The van der Waals surface area contributed by atoms with Crippen LogP contribution in [0.1, 0.15) is 5.56 Å². The van der Waals surface area contributed by atoms with Crippen LogP contribution in [0.4, 0.5) is 10.5 Å². The fourth-order valence-corrected chi connectivity index (χ4v) is 3.07. The smallest absolute Gasteiger partial charge is 0.335 e. The molecule has 1 aliphatic rings. The molecule has 0 spiro atoms. The first-order chi connectivity index (χ1) is 12.9. The summed E-state index contributed by atoms with van der Waals surface area (Å²) in [6.07, 6.45) is 1.41. The summed E-state index contributed by atoms with van der Waals surface area (Å²) >= 11 is 3.35. The first-order valence-electron chi connectivity index (χ1n) is 7.83. The third-order valence-electron chi connectivity index (χ3n) is 3.87. The lowest BCUT2D eigenvalue weighted by molar-refractivity contribution is -0.122. The highest BCUT2D eigenvalue weighted by Gasteiger charge is 2.36. The number of urea groups is 1. The van der Waals surface area contributed by atoms with Crippen LogP contribution in [0.25, 0.3) is 6.08 Å². The molecule has 138 valence electrons. The fourth-order valence-electron chi connectivity index (χ4n) is 2.58. The minimum Gasteiger partial charge on any atom is -0.497 e. The second-order valence-electron chi connectivity index (χ2n) is 5.58. The summed E-state index contributed by atoms with van der Waals surface area (Å²) in [4.78, 5) is 38.2. The van der Waals surface area contributed by atoms with Crippen LogP contribution in [0, 0.1) is 0 Å². The van der Waals surface area contributed by atoms with Crippen LogP contribution in [-0.2, 0) is 9.59 Å². The molecule has 0 unspecified atom stereocenters. The molecule has 0 atom stereocenters. The number of carbonyl (C=O) groups excluding carboxylic acids is 3. The van der Waals surface area contributed by atoms with Crippen molar-refractivity contribution in [3.63, 3.8) is 0 Å². The number of rotatable bonds is 4. The molecular formula is C19H15BrN2O5. The van der Waals surface area contributed by atoms with Gasteiger partial charge in [0, 0.05) is 4.47 Å². The van der Waals surface area contributed by atoms with Gasteiger partial charge in [-0.2, -0.15) is 0 Å². The summed E-state index contributed by atoms with van der Waals surface area (Å²) in [5, 5.41) is 2.19. The van der Waals surface area contributed by atoms with Gasteiger partial charge in [-0.25, -0.2) is 9.69 Å². The van der Waals surface area contributed by atoms with E-state index in [0.29, 0.717) is 22.7 Å². The number of anilines is 1. The lowest BCUT2D eigenvalue weighted by Crippen LogP contribution is -2.54. The summed E-state index contributed by atoms with van der Waals surface area (Å²) in [5.41, 5.74) is 0.734. The van der Waals surface area contributed by atoms with E-state index in [1.54, 1.807) is 42.5 Å². The lowest BCUT2D eigenvalue weighted by atomic mass is 10.1. The van der Waals surface area contributed by atoms with E-state index in [1.165, 1.54) is 20.3 Å². The SMILES string of the molecule is COc1ccc(N2C(=O)NC(=O)/C(=C\c3cc(Br)cc(OC)c3)C2=O)cc1. The normalized spacial score (nSPS) is 15.7. The van der Waals surface area contributed by atoms with Crippen LogP contribution in [0.3, 0.4) is 0 Å². The predicted molar refractivity (Wildman–Crippen MR) is 103 cm³/mol. The molecule has 1 N–H and O–H groups in total. The average molecular weight is 431 g/mol. The van der Waals surface area contributed by atoms with Gasteiger partial charge in [0.05, 0.1) is 19.9 Å². The highest BCUT2D eigenvalue weighted by Crippen LogP contribution is 2.26. The van der Waals surface area contributed by atoms with Crippen molar-refractivity contribution in [1.82, 2.24) is 5.32 Å². The Kier molecular flexibility index (Phi) is 5.27. The van der Waals surface area contributed by atoms with Crippen molar-refractivity contribution >= 4 is 45.5 Å². The van der Waals surface area contributed by atoms with E-state index in [4.69, 9.17) is 9.47 Å². The Balaban J connectivity index is 2.00. The zero-order valence-corrected chi connectivity index (χ0v) is 16.1. The molecule has 2 aromatic carbocycles. The van der Waals surface area contributed by atoms with Crippen LogP contribution in [0.5, 0.6) is 11.5 Å². The van der Waals surface area contributed by atoms with E-state index < -0.39 is 17.8 Å². The molecule has 0 bridgehead atoms. The standard InChI is InChI=1S/C19H15BrN2O5/c1-26-14-5-3-13(4-6-14)22-18(24)16(17(23)21-19(22)25)9-11-7-12(20)10-15(8-11)27-2/h3-10H,1-2H3,(H,21,23,25)/b16-9+. The highest BCUT2D eigenvalue weighted by molar-refractivity contribution is 9.10. The van der Waals surface area contributed by atoms with E-state index in [9.17, 15) is 14.4 Å².